The Kier molecular flexibility index (Phi) is 5.72. The van der Waals surface area contributed by atoms with Gasteiger partial charge in [-0.2, -0.15) is 8.78 Å². The highest BCUT2D eigenvalue weighted by Crippen LogP contribution is 2.24. The third-order valence-corrected chi connectivity index (χ3v) is 4.05. The van der Waals surface area contributed by atoms with Crippen molar-refractivity contribution in [3.8, 4) is 5.75 Å². The van der Waals surface area contributed by atoms with Gasteiger partial charge in [-0.3, -0.25) is 0 Å². The minimum atomic E-state index is -2.46. The summed E-state index contributed by atoms with van der Waals surface area (Å²) in [5, 5.41) is 0. The van der Waals surface area contributed by atoms with Crippen molar-refractivity contribution in [2.45, 2.75) is 18.4 Å². The molecule has 0 N–H and O–H groups in total. The van der Waals surface area contributed by atoms with Crippen LogP contribution in [0.15, 0.2) is 51.5 Å². The topological polar surface area (TPSA) is 61.0 Å². The molecule has 0 fully saturated rings. The first-order valence-corrected chi connectivity index (χ1v) is 8.84. The maximum Gasteiger partial charge on any atom is 0.363 e. The first-order valence-electron chi connectivity index (χ1n) is 7.79. The van der Waals surface area contributed by atoms with E-state index in [1.807, 2.05) is 6.92 Å². The fraction of sp³-hybridized carbons (Fsp3) is 0.222. The zero-order chi connectivity index (χ0) is 18.5. The van der Waals surface area contributed by atoms with Gasteiger partial charge >= 0.3 is 5.97 Å². The normalized spacial score (nSPS) is 15.5. The van der Waals surface area contributed by atoms with Crippen molar-refractivity contribution in [2.75, 3.05) is 6.61 Å². The van der Waals surface area contributed by atoms with Crippen molar-refractivity contribution < 1.29 is 27.5 Å². The van der Waals surface area contributed by atoms with E-state index in [0.29, 0.717) is 41.2 Å². The maximum atomic E-state index is 12.2. The number of halogens is 2. The molecule has 2 aromatic rings. The number of furan rings is 1. The molecule has 0 saturated carbocycles. The summed E-state index contributed by atoms with van der Waals surface area (Å²) in [4.78, 5) is 16.2. The molecule has 0 unspecified atom stereocenters. The molecule has 26 heavy (non-hydrogen) atoms. The first-order chi connectivity index (χ1) is 12.5. The minimum absolute atomic E-state index is 0.0476. The van der Waals surface area contributed by atoms with Crippen LogP contribution >= 0.6 is 11.8 Å². The number of ether oxygens (including phenoxy) is 2. The van der Waals surface area contributed by atoms with Gasteiger partial charge in [0.1, 0.15) is 17.3 Å². The monoisotopic (exact) mass is 379 g/mol. The number of aliphatic imine (C=N–C) groups is 1. The van der Waals surface area contributed by atoms with Gasteiger partial charge in [-0.25, -0.2) is 9.79 Å². The van der Waals surface area contributed by atoms with Gasteiger partial charge in [-0.1, -0.05) is 11.8 Å². The van der Waals surface area contributed by atoms with Crippen molar-refractivity contribution in [1.29, 1.82) is 0 Å². The molecular formula is C18H15F2NO4S. The van der Waals surface area contributed by atoms with E-state index in [9.17, 15) is 13.6 Å². The zero-order valence-electron chi connectivity index (χ0n) is 13.8. The number of rotatable bonds is 7. The Morgan fingerprint density at radius 1 is 1.23 bits per heavy atom. The third kappa shape index (κ3) is 4.51. The van der Waals surface area contributed by atoms with E-state index < -0.39 is 11.7 Å². The van der Waals surface area contributed by atoms with E-state index in [-0.39, 0.29) is 17.3 Å². The quantitative estimate of drug-likeness (QED) is 0.524. The van der Waals surface area contributed by atoms with Gasteiger partial charge < -0.3 is 13.9 Å². The highest BCUT2D eigenvalue weighted by molar-refractivity contribution is 7.98. The molecule has 5 nitrogen and oxygen atoms in total. The molecule has 0 aliphatic carbocycles. The van der Waals surface area contributed by atoms with Gasteiger partial charge in [-0.05, 0) is 43.3 Å². The average Bonchev–Trinajstić information content (AvgIpc) is 3.21. The standard InChI is InChI=1S/C18H15F2NO4S/c1-2-23-12-5-3-11(4-6-12)16-21-15(17(22)25-16)9-13-7-8-14(24-13)10-26-18(19)20/h3-9,18H,2,10H2,1H3/b15-9-. The Balaban J connectivity index is 1.74. The summed E-state index contributed by atoms with van der Waals surface area (Å²) in [5.41, 5.74) is 0.718. The second-order valence-electron chi connectivity index (χ2n) is 5.17. The Morgan fingerprint density at radius 2 is 2.00 bits per heavy atom. The van der Waals surface area contributed by atoms with Crippen molar-refractivity contribution in [3.63, 3.8) is 0 Å². The van der Waals surface area contributed by atoms with Crippen molar-refractivity contribution >= 4 is 29.7 Å². The number of benzene rings is 1. The molecule has 8 heteroatoms. The van der Waals surface area contributed by atoms with Crippen LogP contribution in [0.4, 0.5) is 8.78 Å². The van der Waals surface area contributed by atoms with E-state index in [0.717, 1.165) is 0 Å². The highest BCUT2D eigenvalue weighted by atomic mass is 32.2. The van der Waals surface area contributed by atoms with E-state index >= 15 is 0 Å². The second-order valence-corrected chi connectivity index (χ2v) is 6.15. The number of hydrogen-bond donors (Lipinski definition) is 0. The molecule has 0 amide bonds. The molecule has 1 aliphatic rings. The van der Waals surface area contributed by atoms with E-state index in [2.05, 4.69) is 4.99 Å². The molecule has 136 valence electrons. The summed E-state index contributed by atoms with van der Waals surface area (Å²) < 4.78 is 40.3. The van der Waals surface area contributed by atoms with Crippen molar-refractivity contribution in [1.82, 2.24) is 0 Å². The van der Waals surface area contributed by atoms with Gasteiger partial charge in [0, 0.05) is 11.6 Å². The molecule has 0 spiro atoms. The van der Waals surface area contributed by atoms with Gasteiger partial charge in [0.2, 0.25) is 5.90 Å². The van der Waals surface area contributed by atoms with E-state index in [4.69, 9.17) is 13.9 Å². The van der Waals surface area contributed by atoms with Gasteiger partial charge in [0.15, 0.2) is 5.70 Å². The van der Waals surface area contributed by atoms with Crippen LogP contribution in [0.1, 0.15) is 24.0 Å². The number of nitrogens with zero attached hydrogens (tertiary/aromatic N) is 1. The van der Waals surface area contributed by atoms with Crippen LogP contribution in [-0.2, 0) is 15.3 Å². The largest absolute Gasteiger partial charge is 0.494 e. The van der Waals surface area contributed by atoms with Crippen LogP contribution in [0, 0.1) is 0 Å². The lowest BCUT2D eigenvalue weighted by molar-refractivity contribution is -0.129. The van der Waals surface area contributed by atoms with Crippen LogP contribution in [0.25, 0.3) is 6.08 Å². The van der Waals surface area contributed by atoms with Crippen LogP contribution in [0.5, 0.6) is 5.75 Å². The fourth-order valence-electron chi connectivity index (χ4n) is 2.22. The predicted octanol–water partition coefficient (Wildman–Crippen LogP) is 4.48. The predicted molar refractivity (Wildman–Crippen MR) is 94.2 cm³/mol. The summed E-state index contributed by atoms with van der Waals surface area (Å²) in [6.45, 7) is 2.45. The number of hydrogen-bond acceptors (Lipinski definition) is 6. The Labute approximate surface area is 152 Å². The van der Waals surface area contributed by atoms with Gasteiger partial charge in [0.25, 0.3) is 5.76 Å². The number of alkyl halides is 2. The Morgan fingerprint density at radius 3 is 2.69 bits per heavy atom. The molecule has 0 bridgehead atoms. The van der Waals surface area contributed by atoms with E-state index in [1.165, 1.54) is 6.08 Å². The van der Waals surface area contributed by atoms with E-state index in [1.54, 1.807) is 36.4 Å². The molecule has 1 aliphatic heterocycles. The SMILES string of the molecule is CCOc1ccc(C2=N/C(=C\c3ccc(CSC(F)F)o3)C(=O)O2)cc1. The molecular weight excluding hydrogens is 364 g/mol. The summed E-state index contributed by atoms with van der Waals surface area (Å²) >= 11 is 0.466. The number of thioether (sulfide) groups is 1. The lowest BCUT2D eigenvalue weighted by Crippen LogP contribution is -2.05. The zero-order valence-corrected chi connectivity index (χ0v) is 14.6. The summed E-state index contributed by atoms with van der Waals surface area (Å²) in [6.07, 6.45) is 1.42. The molecule has 1 aromatic heterocycles. The Bertz CT molecular complexity index is 843. The summed E-state index contributed by atoms with van der Waals surface area (Å²) in [5.74, 6) is -1.39. The number of carbonyl (C=O) groups is 1. The van der Waals surface area contributed by atoms with Crippen molar-refractivity contribution in [2.24, 2.45) is 4.99 Å². The lowest BCUT2D eigenvalue weighted by atomic mass is 10.2. The van der Waals surface area contributed by atoms with Crippen LogP contribution in [0.3, 0.4) is 0 Å². The molecule has 0 radical (unpaired) electrons. The number of esters is 1. The maximum absolute atomic E-state index is 12.2. The summed E-state index contributed by atoms with van der Waals surface area (Å²) in [6, 6.07) is 10.2. The van der Waals surface area contributed by atoms with Gasteiger partial charge in [0.05, 0.1) is 12.4 Å². The minimum Gasteiger partial charge on any atom is -0.494 e. The molecule has 3 rings (SSSR count). The van der Waals surface area contributed by atoms with Crippen LogP contribution < -0.4 is 4.74 Å². The second kappa shape index (κ2) is 8.18. The smallest absolute Gasteiger partial charge is 0.363 e. The molecule has 2 heterocycles. The van der Waals surface area contributed by atoms with Crippen molar-refractivity contribution in [3.05, 3.63) is 59.2 Å². The van der Waals surface area contributed by atoms with Gasteiger partial charge in [-0.15, -0.1) is 0 Å². The first kappa shape index (κ1) is 18.2. The lowest BCUT2D eigenvalue weighted by Gasteiger charge is -2.03. The van der Waals surface area contributed by atoms with Crippen LogP contribution in [-0.4, -0.2) is 24.2 Å². The average molecular weight is 379 g/mol. The summed E-state index contributed by atoms with van der Waals surface area (Å²) in [7, 11) is 0. The number of cyclic esters (lactones) is 1. The Hall–Kier alpha value is -2.61. The number of carbonyl (C=O) groups excluding carboxylic acids is 1. The van der Waals surface area contributed by atoms with Crippen LogP contribution in [0.2, 0.25) is 0 Å². The highest BCUT2D eigenvalue weighted by Gasteiger charge is 2.24. The fourth-order valence-corrected chi connectivity index (χ4v) is 2.67. The molecule has 0 saturated heterocycles. The molecule has 1 aromatic carbocycles. The third-order valence-electron chi connectivity index (χ3n) is 3.35. The molecule has 0 atom stereocenters.